The lowest BCUT2D eigenvalue weighted by atomic mass is 10.0. The highest BCUT2D eigenvalue weighted by Crippen LogP contribution is 2.28. The van der Waals surface area contributed by atoms with Gasteiger partial charge in [-0.15, -0.1) is 11.8 Å². The fourth-order valence-electron chi connectivity index (χ4n) is 3.27. The van der Waals surface area contributed by atoms with Crippen LogP contribution in [0, 0.1) is 0 Å². The lowest BCUT2D eigenvalue weighted by Gasteiger charge is -2.26. The van der Waals surface area contributed by atoms with Crippen LogP contribution in [0.15, 0.2) is 29.2 Å². The summed E-state index contributed by atoms with van der Waals surface area (Å²) in [6.07, 6.45) is 6.23. The quantitative estimate of drug-likeness (QED) is 0.797. The highest BCUT2D eigenvalue weighted by molar-refractivity contribution is 8.00. The number of anilines is 1. The van der Waals surface area contributed by atoms with Gasteiger partial charge in [0, 0.05) is 24.0 Å². The smallest absolute Gasteiger partial charge is 0.243 e. The Bertz CT molecular complexity index is 694. The number of thioether (sulfide) groups is 1. The van der Waals surface area contributed by atoms with Crippen molar-refractivity contribution in [2.75, 3.05) is 37.4 Å². The third kappa shape index (κ3) is 5.22. The fraction of sp³-hybridized carbons (Fsp3) is 0.611. The Kier molecular flexibility index (Phi) is 6.97. The number of carbonyl (C=O) groups is 1. The maximum atomic E-state index is 12.6. The van der Waals surface area contributed by atoms with E-state index in [1.165, 1.54) is 36.4 Å². The molecule has 6 nitrogen and oxygen atoms in total. The third-order valence-electron chi connectivity index (χ3n) is 4.75. The molecule has 1 aromatic rings. The van der Waals surface area contributed by atoms with Gasteiger partial charge in [0.25, 0.3) is 0 Å². The number of sulfonamides is 1. The Labute approximate surface area is 159 Å². The zero-order chi connectivity index (χ0) is 18.4. The van der Waals surface area contributed by atoms with E-state index in [4.69, 9.17) is 4.74 Å². The Morgan fingerprint density at radius 3 is 2.42 bits per heavy atom. The first-order chi connectivity index (χ1) is 12.6. The van der Waals surface area contributed by atoms with Gasteiger partial charge in [-0.1, -0.05) is 19.3 Å². The summed E-state index contributed by atoms with van der Waals surface area (Å²) >= 11 is 1.72. The van der Waals surface area contributed by atoms with Gasteiger partial charge in [0.2, 0.25) is 15.9 Å². The molecule has 0 atom stereocenters. The van der Waals surface area contributed by atoms with E-state index in [0.29, 0.717) is 43.0 Å². The summed E-state index contributed by atoms with van der Waals surface area (Å²) in [4.78, 5) is 12.4. The molecule has 1 heterocycles. The molecule has 0 aromatic heterocycles. The number of hydrogen-bond donors (Lipinski definition) is 1. The molecule has 3 rings (SSSR count). The van der Waals surface area contributed by atoms with Gasteiger partial charge in [0.1, 0.15) is 0 Å². The molecular formula is C18H26N2O4S2. The van der Waals surface area contributed by atoms with Crippen LogP contribution in [0.4, 0.5) is 5.69 Å². The number of rotatable bonds is 6. The summed E-state index contributed by atoms with van der Waals surface area (Å²) in [5, 5.41) is 3.44. The first kappa shape index (κ1) is 19.7. The van der Waals surface area contributed by atoms with Crippen LogP contribution >= 0.6 is 11.8 Å². The summed E-state index contributed by atoms with van der Waals surface area (Å²) in [6, 6.07) is 6.40. The second kappa shape index (κ2) is 9.21. The van der Waals surface area contributed by atoms with Crippen molar-refractivity contribution < 1.29 is 17.9 Å². The van der Waals surface area contributed by atoms with Crippen molar-refractivity contribution in [3.63, 3.8) is 0 Å². The van der Waals surface area contributed by atoms with Crippen LogP contribution in [0.2, 0.25) is 0 Å². The number of nitrogens with zero attached hydrogens (tertiary/aromatic N) is 1. The number of hydrogen-bond acceptors (Lipinski definition) is 5. The molecule has 0 bridgehead atoms. The summed E-state index contributed by atoms with van der Waals surface area (Å²) in [5.41, 5.74) is 0.625. The van der Waals surface area contributed by atoms with E-state index >= 15 is 0 Å². The van der Waals surface area contributed by atoms with Gasteiger partial charge in [-0.2, -0.15) is 4.31 Å². The second-order valence-electron chi connectivity index (χ2n) is 6.66. The molecule has 2 aliphatic rings. The maximum Gasteiger partial charge on any atom is 0.243 e. The first-order valence-electron chi connectivity index (χ1n) is 9.15. The third-order valence-corrected chi connectivity index (χ3v) is 8.03. The molecule has 26 heavy (non-hydrogen) atoms. The van der Waals surface area contributed by atoms with Crippen molar-refractivity contribution in [1.29, 1.82) is 0 Å². The number of amides is 1. The van der Waals surface area contributed by atoms with Crippen LogP contribution in [0.3, 0.4) is 0 Å². The molecule has 0 unspecified atom stereocenters. The van der Waals surface area contributed by atoms with Crippen LogP contribution in [0.1, 0.15) is 32.1 Å². The van der Waals surface area contributed by atoms with Crippen molar-refractivity contribution in [3.8, 4) is 0 Å². The normalized spacial score (nSPS) is 20.0. The topological polar surface area (TPSA) is 75.7 Å². The van der Waals surface area contributed by atoms with Gasteiger partial charge in [0.15, 0.2) is 0 Å². The molecule has 0 spiro atoms. The summed E-state index contributed by atoms with van der Waals surface area (Å²) in [5.74, 6) is 0.405. The SMILES string of the molecule is O=C(CSC1CCCCC1)Nc1ccc(S(=O)(=O)N2CCOCC2)cc1. The minimum atomic E-state index is -3.50. The van der Waals surface area contributed by atoms with E-state index in [0.717, 1.165) is 0 Å². The van der Waals surface area contributed by atoms with Gasteiger partial charge in [-0.05, 0) is 37.1 Å². The predicted octanol–water partition coefficient (Wildman–Crippen LogP) is 2.71. The van der Waals surface area contributed by atoms with Crippen LogP contribution in [-0.2, 0) is 19.6 Å². The van der Waals surface area contributed by atoms with E-state index in [9.17, 15) is 13.2 Å². The molecule has 0 radical (unpaired) electrons. The number of carbonyl (C=O) groups excluding carboxylic acids is 1. The summed E-state index contributed by atoms with van der Waals surface area (Å²) in [7, 11) is -3.50. The molecular weight excluding hydrogens is 372 g/mol. The van der Waals surface area contributed by atoms with E-state index < -0.39 is 10.0 Å². The van der Waals surface area contributed by atoms with Gasteiger partial charge in [-0.3, -0.25) is 4.79 Å². The lowest BCUT2D eigenvalue weighted by molar-refractivity contribution is -0.113. The Hall–Kier alpha value is -1.09. The number of morpholine rings is 1. The average molecular weight is 399 g/mol. The highest BCUT2D eigenvalue weighted by atomic mass is 32.2. The maximum absolute atomic E-state index is 12.6. The van der Waals surface area contributed by atoms with Crippen LogP contribution in [0.5, 0.6) is 0 Å². The van der Waals surface area contributed by atoms with Gasteiger partial charge < -0.3 is 10.1 Å². The van der Waals surface area contributed by atoms with E-state index in [2.05, 4.69) is 5.32 Å². The largest absolute Gasteiger partial charge is 0.379 e. The van der Waals surface area contributed by atoms with Crippen molar-refractivity contribution in [2.24, 2.45) is 0 Å². The van der Waals surface area contributed by atoms with Crippen molar-refractivity contribution in [1.82, 2.24) is 4.31 Å². The monoisotopic (exact) mass is 398 g/mol. The lowest BCUT2D eigenvalue weighted by Crippen LogP contribution is -2.40. The summed E-state index contributed by atoms with van der Waals surface area (Å²) < 4.78 is 31.8. The van der Waals surface area contributed by atoms with E-state index in [1.54, 1.807) is 36.0 Å². The van der Waals surface area contributed by atoms with Crippen LogP contribution in [-0.4, -0.2) is 55.9 Å². The van der Waals surface area contributed by atoms with Crippen LogP contribution in [0.25, 0.3) is 0 Å². The molecule has 1 aliphatic heterocycles. The minimum absolute atomic E-state index is 0.0376. The average Bonchev–Trinajstić information content (AvgIpc) is 2.68. The number of benzene rings is 1. The molecule has 1 saturated carbocycles. The van der Waals surface area contributed by atoms with Gasteiger partial charge in [-0.25, -0.2) is 8.42 Å². The fourth-order valence-corrected chi connectivity index (χ4v) is 5.80. The van der Waals surface area contributed by atoms with Gasteiger partial charge in [0.05, 0.1) is 23.9 Å². The molecule has 1 saturated heterocycles. The number of ether oxygens (including phenoxy) is 1. The number of nitrogens with one attached hydrogen (secondary N) is 1. The predicted molar refractivity (Wildman–Crippen MR) is 104 cm³/mol. The Morgan fingerprint density at radius 1 is 1.12 bits per heavy atom. The van der Waals surface area contributed by atoms with Gasteiger partial charge >= 0.3 is 0 Å². The molecule has 144 valence electrons. The molecule has 1 aliphatic carbocycles. The molecule has 1 aromatic carbocycles. The second-order valence-corrected chi connectivity index (χ2v) is 9.89. The van der Waals surface area contributed by atoms with Crippen LogP contribution < -0.4 is 5.32 Å². The zero-order valence-electron chi connectivity index (χ0n) is 14.9. The van der Waals surface area contributed by atoms with Crippen molar-refractivity contribution >= 4 is 33.4 Å². The standard InChI is InChI=1S/C18H26N2O4S2/c21-18(14-25-16-4-2-1-3-5-16)19-15-6-8-17(9-7-15)26(22,23)20-10-12-24-13-11-20/h6-9,16H,1-5,10-14H2,(H,19,21). The molecule has 1 N–H and O–H groups in total. The van der Waals surface area contributed by atoms with Crippen molar-refractivity contribution in [3.05, 3.63) is 24.3 Å². The van der Waals surface area contributed by atoms with E-state index in [-0.39, 0.29) is 10.8 Å². The molecule has 8 heteroatoms. The summed E-state index contributed by atoms with van der Waals surface area (Å²) in [6.45, 7) is 1.59. The molecule has 1 amide bonds. The first-order valence-corrected chi connectivity index (χ1v) is 11.6. The minimum Gasteiger partial charge on any atom is -0.379 e. The Balaban J connectivity index is 1.52. The van der Waals surface area contributed by atoms with Crippen molar-refractivity contribution in [2.45, 2.75) is 42.2 Å². The zero-order valence-corrected chi connectivity index (χ0v) is 16.5. The Morgan fingerprint density at radius 2 is 1.77 bits per heavy atom. The molecule has 2 fully saturated rings. The highest BCUT2D eigenvalue weighted by Gasteiger charge is 2.26. The van der Waals surface area contributed by atoms with E-state index in [1.807, 2.05) is 0 Å².